The second kappa shape index (κ2) is 8.29. The molecule has 0 aliphatic carbocycles. The van der Waals surface area contributed by atoms with Crippen LogP contribution in [-0.2, 0) is 6.54 Å². The molecule has 5 aromatic rings. The van der Waals surface area contributed by atoms with Crippen LogP contribution in [0.2, 0.25) is 0 Å². The van der Waals surface area contributed by atoms with Crippen molar-refractivity contribution < 1.29 is 21.4 Å². The van der Waals surface area contributed by atoms with Crippen LogP contribution in [-0.4, -0.2) is 4.98 Å². The van der Waals surface area contributed by atoms with Crippen LogP contribution in [0.3, 0.4) is 0 Å². The van der Waals surface area contributed by atoms with Crippen molar-refractivity contribution in [1.29, 1.82) is 0 Å². The first-order valence-electron chi connectivity index (χ1n) is 9.33. The molecule has 0 fully saturated rings. The summed E-state index contributed by atoms with van der Waals surface area (Å²) in [7, 11) is 0. The zero-order valence-corrected chi connectivity index (χ0v) is 16.5. The molecule has 3 aromatic carbocycles. The summed E-state index contributed by atoms with van der Waals surface area (Å²) in [6.45, 7) is 0.842. The molecule has 142 valence electrons. The van der Waals surface area contributed by atoms with Gasteiger partial charge < -0.3 is 16.8 Å². The van der Waals surface area contributed by atoms with E-state index in [4.69, 9.17) is 4.42 Å². The molecular weight excluding hydrogens is 380 g/mol. The Bertz CT molecular complexity index is 1230. The molecule has 3 nitrogen and oxygen atoms in total. The fraction of sp³-hybridized carbons (Fsp3) is 0.0400. The molecule has 0 aliphatic heterocycles. The minimum Gasteiger partial charge on any atom is -1.00 e. The first-order chi connectivity index (χ1) is 13.8. The average molecular weight is 399 g/mol. The van der Waals surface area contributed by atoms with Gasteiger partial charge in [-0.05, 0) is 16.8 Å². The maximum atomic E-state index is 6.04. The number of benzene rings is 3. The number of hydrogen-bond donors (Lipinski definition) is 0. The Kier molecular flexibility index (Phi) is 5.41. The van der Waals surface area contributed by atoms with Gasteiger partial charge in [0.2, 0.25) is 5.89 Å². The fourth-order valence-electron chi connectivity index (χ4n) is 3.38. The van der Waals surface area contributed by atoms with E-state index in [0.717, 1.165) is 23.4 Å². The van der Waals surface area contributed by atoms with Crippen LogP contribution in [0.25, 0.3) is 33.6 Å². The molecule has 0 N–H and O–H groups in total. The van der Waals surface area contributed by atoms with Gasteiger partial charge in [0.05, 0.1) is 6.20 Å². The van der Waals surface area contributed by atoms with E-state index in [2.05, 4.69) is 76.5 Å². The zero-order chi connectivity index (χ0) is 18.8. The highest BCUT2D eigenvalue weighted by atomic mass is 35.5. The molecule has 0 aliphatic rings. The van der Waals surface area contributed by atoms with Gasteiger partial charge in [0.1, 0.15) is 0 Å². The summed E-state index contributed by atoms with van der Waals surface area (Å²) < 4.78 is 8.19. The van der Waals surface area contributed by atoms with Gasteiger partial charge in [-0.2, -0.15) is 0 Å². The molecule has 0 saturated carbocycles. The molecule has 0 spiro atoms. The Labute approximate surface area is 175 Å². The highest BCUT2D eigenvalue weighted by Crippen LogP contribution is 2.28. The maximum absolute atomic E-state index is 6.04. The van der Waals surface area contributed by atoms with Crippen LogP contribution in [0.4, 0.5) is 0 Å². The van der Waals surface area contributed by atoms with E-state index in [1.54, 1.807) is 6.20 Å². The largest absolute Gasteiger partial charge is 1.00 e. The SMILES string of the molecule is [Cl-].c1ccc(C[n+]2ccc(-c3ncc(-c4ccc5ccccc5c4)o3)cc2)cc1. The summed E-state index contributed by atoms with van der Waals surface area (Å²) in [5, 5.41) is 2.41. The second-order valence-electron chi connectivity index (χ2n) is 6.84. The number of pyridine rings is 1. The predicted octanol–water partition coefficient (Wildman–Crippen LogP) is 2.50. The summed E-state index contributed by atoms with van der Waals surface area (Å²) in [5.41, 5.74) is 3.28. The molecule has 0 unspecified atom stereocenters. The van der Waals surface area contributed by atoms with Gasteiger partial charge in [0, 0.05) is 28.8 Å². The Morgan fingerprint density at radius 2 is 1.45 bits per heavy atom. The molecule has 0 saturated heterocycles. The first-order valence-corrected chi connectivity index (χ1v) is 9.33. The van der Waals surface area contributed by atoms with Gasteiger partial charge in [-0.15, -0.1) is 0 Å². The number of oxazole rings is 1. The van der Waals surface area contributed by atoms with E-state index in [9.17, 15) is 0 Å². The lowest BCUT2D eigenvalue weighted by atomic mass is 10.1. The van der Waals surface area contributed by atoms with Crippen LogP contribution in [0.15, 0.2) is 108 Å². The second-order valence-corrected chi connectivity index (χ2v) is 6.84. The average Bonchev–Trinajstić information content (AvgIpc) is 3.25. The van der Waals surface area contributed by atoms with Crippen molar-refractivity contribution in [2.24, 2.45) is 0 Å². The summed E-state index contributed by atoms with van der Waals surface area (Å²) in [6.07, 6.45) is 5.91. The van der Waals surface area contributed by atoms with Gasteiger partial charge in [0.25, 0.3) is 0 Å². The number of halogens is 1. The molecule has 29 heavy (non-hydrogen) atoms. The van der Waals surface area contributed by atoms with Crippen molar-refractivity contribution in [2.45, 2.75) is 6.54 Å². The monoisotopic (exact) mass is 398 g/mol. The highest BCUT2D eigenvalue weighted by molar-refractivity contribution is 5.86. The molecule has 2 aromatic heterocycles. The molecule has 0 amide bonds. The van der Waals surface area contributed by atoms with Crippen LogP contribution in [0.1, 0.15) is 5.56 Å². The lowest BCUT2D eigenvalue weighted by molar-refractivity contribution is -0.688. The van der Waals surface area contributed by atoms with Crippen molar-refractivity contribution in [1.82, 2.24) is 4.98 Å². The molecule has 0 radical (unpaired) electrons. The van der Waals surface area contributed by atoms with Crippen molar-refractivity contribution in [3.63, 3.8) is 0 Å². The summed E-state index contributed by atoms with van der Waals surface area (Å²) in [4.78, 5) is 4.48. The molecular formula is C25H19ClN2O. The third-order valence-electron chi connectivity index (χ3n) is 4.89. The third-order valence-corrected chi connectivity index (χ3v) is 4.89. The predicted molar refractivity (Wildman–Crippen MR) is 111 cm³/mol. The summed E-state index contributed by atoms with van der Waals surface area (Å²) in [5.74, 6) is 1.41. The van der Waals surface area contributed by atoms with Crippen molar-refractivity contribution in [2.75, 3.05) is 0 Å². The van der Waals surface area contributed by atoms with Crippen LogP contribution in [0.5, 0.6) is 0 Å². The quantitative estimate of drug-likeness (QED) is 0.435. The van der Waals surface area contributed by atoms with Gasteiger partial charge in [-0.1, -0.05) is 66.7 Å². The third kappa shape index (κ3) is 4.05. The van der Waals surface area contributed by atoms with Crippen LogP contribution in [0, 0.1) is 0 Å². The zero-order valence-electron chi connectivity index (χ0n) is 15.7. The van der Waals surface area contributed by atoms with Crippen LogP contribution < -0.4 is 17.0 Å². The minimum absolute atomic E-state index is 0. The standard InChI is InChI=1S/C25H19N2O.ClH/c1-2-6-19(7-3-1)18-27-14-12-21(13-15-27)25-26-17-24(28-25)23-11-10-20-8-4-5-9-22(20)16-23;/h1-17H,18H2;1H/q+1;/p-1. The Morgan fingerprint density at radius 3 is 2.24 bits per heavy atom. The number of hydrogen-bond acceptors (Lipinski definition) is 2. The molecule has 0 bridgehead atoms. The molecule has 5 rings (SSSR count). The van der Waals surface area contributed by atoms with Crippen molar-refractivity contribution in [3.05, 3.63) is 109 Å². The number of aromatic nitrogens is 2. The summed E-state index contributed by atoms with van der Waals surface area (Å²) in [6, 6.07) is 29.1. The van der Waals surface area contributed by atoms with Crippen LogP contribution >= 0.6 is 0 Å². The van der Waals surface area contributed by atoms with Crippen molar-refractivity contribution >= 4 is 10.8 Å². The molecule has 2 heterocycles. The normalized spacial score (nSPS) is 10.6. The highest BCUT2D eigenvalue weighted by Gasteiger charge is 2.11. The Morgan fingerprint density at radius 1 is 0.724 bits per heavy atom. The first kappa shape index (κ1) is 18.9. The Balaban J connectivity index is 0.00000205. The van der Waals surface area contributed by atoms with E-state index >= 15 is 0 Å². The fourth-order valence-corrected chi connectivity index (χ4v) is 3.38. The van der Waals surface area contributed by atoms with Gasteiger partial charge in [-0.25, -0.2) is 9.55 Å². The van der Waals surface area contributed by atoms with E-state index in [-0.39, 0.29) is 12.4 Å². The smallest absolute Gasteiger partial charge is 0.227 e. The number of rotatable bonds is 4. The van der Waals surface area contributed by atoms with E-state index in [0.29, 0.717) is 5.89 Å². The Hall–Kier alpha value is -3.43. The molecule has 0 atom stereocenters. The van der Waals surface area contributed by atoms with E-state index in [1.165, 1.54) is 16.3 Å². The maximum Gasteiger partial charge on any atom is 0.227 e. The van der Waals surface area contributed by atoms with Gasteiger partial charge in [-0.3, -0.25) is 0 Å². The number of fused-ring (bicyclic) bond motifs is 1. The summed E-state index contributed by atoms with van der Waals surface area (Å²) >= 11 is 0. The molecule has 4 heteroatoms. The van der Waals surface area contributed by atoms with E-state index in [1.807, 2.05) is 30.3 Å². The lowest BCUT2D eigenvalue weighted by Gasteiger charge is -2.01. The van der Waals surface area contributed by atoms with Gasteiger partial charge in [0.15, 0.2) is 24.7 Å². The van der Waals surface area contributed by atoms with E-state index < -0.39 is 0 Å². The minimum atomic E-state index is 0. The van der Waals surface area contributed by atoms with Crippen molar-refractivity contribution in [3.8, 4) is 22.8 Å². The van der Waals surface area contributed by atoms with Gasteiger partial charge >= 0.3 is 0 Å². The number of nitrogens with zero attached hydrogens (tertiary/aromatic N) is 2. The topological polar surface area (TPSA) is 29.9 Å². The lowest BCUT2D eigenvalue weighted by Crippen LogP contribution is -3.00.